The van der Waals surface area contributed by atoms with E-state index in [0.717, 1.165) is 18.4 Å². The second-order valence-electron chi connectivity index (χ2n) is 7.02. The molecule has 0 unspecified atom stereocenters. The first-order valence-electron chi connectivity index (χ1n) is 8.84. The fourth-order valence-corrected chi connectivity index (χ4v) is 3.26. The Morgan fingerprint density at radius 2 is 1.77 bits per heavy atom. The van der Waals surface area contributed by atoms with Crippen LogP contribution in [-0.2, 0) is 19.7 Å². The predicted molar refractivity (Wildman–Crippen MR) is 98.9 cm³/mol. The molecule has 2 rings (SSSR count). The molecule has 0 saturated heterocycles. The number of carbonyl (C=O) groups excluding carboxylic acids is 3. The lowest BCUT2D eigenvalue weighted by Gasteiger charge is -2.27. The number of hydrogen-bond donors (Lipinski definition) is 2. The molecule has 7 heteroatoms. The summed E-state index contributed by atoms with van der Waals surface area (Å²) in [5, 5.41) is 5.33. The number of nitrogens with one attached hydrogen (secondary N) is 2. The lowest BCUT2D eigenvalue weighted by Crippen LogP contribution is -2.43. The Balaban J connectivity index is 1.93. The van der Waals surface area contributed by atoms with Gasteiger partial charge < -0.3 is 10.1 Å². The lowest BCUT2D eigenvalue weighted by molar-refractivity contribution is -0.154. The van der Waals surface area contributed by atoms with Crippen LogP contribution in [0.3, 0.4) is 0 Å². The minimum atomic E-state index is -0.745. The normalized spacial score (nSPS) is 15.5. The molecule has 2 N–H and O–H groups in total. The Morgan fingerprint density at radius 1 is 1.15 bits per heavy atom. The number of halogens is 1. The van der Waals surface area contributed by atoms with Gasteiger partial charge in [-0.3, -0.25) is 14.9 Å². The molecular weight excluding hydrogens is 356 g/mol. The Morgan fingerprint density at radius 3 is 2.35 bits per heavy atom. The zero-order valence-corrected chi connectivity index (χ0v) is 15.9. The standard InChI is InChI=1S/C19H25ClN2O4/c1-13(2)11-21-18(25)22-16(23)12-26-17(24)19(9-3-4-10-19)14-5-7-15(20)8-6-14/h5-8,13H,3-4,9-12H2,1-2H3,(H2,21,22,23,25). The quantitative estimate of drug-likeness (QED) is 0.742. The van der Waals surface area contributed by atoms with Gasteiger partial charge in [0, 0.05) is 11.6 Å². The summed E-state index contributed by atoms with van der Waals surface area (Å²) in [6.07, 6.45) is 3.18. The van der Waals surface area contributed by atoms with E-state index in [2.05, 4.69) is 10.6 Å². The van der Waals surface area contributed by atoms with Crippen molar-refractivity contribution in [2.45, 2.75) is 44.9 Å². The monoisotopic (exact) mass is 380 g/mol. The molecule has 142 valence electrons. The molecule has 1 aliphatic carbocycles. The van der Waals surface area contributed by atoms with E-state index in [1.165, 1.54) is 0 Å². The Hall–Kier alpha value is -2.08. The number of ether oxygens (including phenoxy) is 1. The summed E-state index contributed by atoms with van der Waals surface area (Å²) in [4.78, 5) is 36.1. The second-order valence-corrected chi connectivity index (χ2v) is 7.46. The lowest BCUT2D eigenvalue weighted by atomic mass is 9.79. The Labute approximate surface area is 158 Å². The number of imide groups is 1. The second kappa shape index (κ2) is 9.03. The van der Waals surface area contributed by atoms with Gasteiger partial charge in [-0.25, -0.2) is 4.79 Å². The Bertz CT molecular complexity index is 652. The van der Waals surface area contributed by atoms with Crippen LogP contribution in [-0.4, -0.2) is 31.1 Å². The van der Waals surface area contributed by atoms with Gasteiger partial charge in [-0.15, -0.1) is 0 Å². The summed E-state index contributed by atoms with van der Waals surface area (Å²) in [7, 11) is 0. The fraction of sp³-hybridized carbons (Fsp3) is 0.526. The predicted octanol–water partition coefficient (Wildman–Crippen LogP) is 3.18. The van der Waals surface area contributed by atoms with Crippen LogP contribution in [0.15, 0.2) is 24.3 Å². The van der Waals surface area contributed by atoms with Crippen LogP contribution in [0, 0.1) is 5.92 Å². The highest BCUT2D eigenvalue weighted by molar-refractivity contribution is 6.30. The van der Waals surface area contributed by atoms with Crippen LogP contribution in [0.25, 0.3) is 0 Å². The van der Waals surface area contributed by atoms with Crippen molar-refractivity contribution >= 4 is 29.5 Å². The van der Waals surface area contributed by atoms with Gasteiger partial charge in [0.15, 0.2) is 6.61 Å². The molecule has 0 heterocycles. The molecule has 1 aliphatic rings. The van der Waals surface area contributed by atoms with E-state index in [9.17, 15) is 14.4 Å². The first-order valence-corrected chi connectivity index (χ1v) is 9.22. The summed E-state index contributed by atoms with van der Waals surface area (Å²) in [5.41, 5.74) is 0.101. The SMILES string of the molecule is CC(C)CNC(=O)NC(=O)COC(=O)C1(c2ccc(Cl)cc2)CCCC1. The third-order valence-electron chi connectivity index (χ3n) is 4.50. The molecule has 0 spiro atoms. The summed E-state index contributed by atoms with van der Waals surface area (Å²) in [6, 6.07) is 6.56. The zero-order valence-electron chi connectivity index (χ0n) is 15.1. The molecule has 1 aromatic rings. The average molecular weight is 381 g/mol. The molecule has 0 atom stereocenters. The van der Waals surface area contributed by atoms with E-state index in [-0.39, 0.29) is 5.92 Å². The van der Waals surface area contributed by atoms with Crippen molar-refractivity contribution < 1.29 is 19.1 Å². The van der Waals surface area contributed by atoms with Crippen molar-refractivity contribution in [3.63, 3.8) is 0 Å². The number of carbonyl (C=O) groups is 3. The molecule has 26 heavy (non-hydrogen) atoms. The van der Waals surface area contributed by atoms with Crippen LogP contribution in [0.4, 0.5) is 4.79 Å². The molecule has 0 bridgehead atoms. The van der Waals surface area contributed by atoms with E-state index in [4.69, 9.17) is 16.3 Å². The molecule has 6 nitrogen and oxygen atoms in total. The maximum absolute atomic E-state index is 12.7. The minimum absolute atomic E-state index is 0.273. The molecule has 1 fully saturated rings. The van der Waals surface area contributed by atoms with Crippen LogP contribution < -0.4 is 10.6 Å². The van der Waals surface area contributed by atoms with Crippen molar-refractivity contribution in [3.05, 3.63) is 34.9 Å². The first kappa shape index (κ1) is 20.2. The summed E-state index contributed by atoms with van der Waals surface area (Å²) in [6.45, 7) is 3.87. The van der Waals surface area contributed by atoms with Gasteiger partial charge in [0.1, 0.15) is 0 Å². The van der Waals surface area contributed by atoms with Gasteiger partial charge in [-0.05, 0) is 36.5 Å². The van der Waals surface area contributed by atoms with Gasteiger partial charge in [0.2, 0.25) is 0 Å². The van der Waals surface area contributed by atoms with E-state index in [0.29, 0.717) is 24.4 Å². The van der Waals surface area contributed by atoms with E-state index in [1.54, 1.807) is 12.1 Å². The van der Waals surface area contributed by atoms with Gasteiger partial charge in [0.05, 0.1) is 5.41 Å². The first-order chi connectivity index (χ1) is 12.3. The highest BCUT2D eigenvalue weighted by atomic mass is 35.5. The smallest absolute Gasteiger partial charge is 0.321 e. The van der Waals surface area contributed by atoms with E-state index in [1.807, 2.05) is 26.0 Å². The number of hydrogen-bond acceptors (Lipinski definition) is 4. The largest absolute Gasteiger partial charge is 0.455 e. The summed E-state index contributed by atoms with van der Waals surface area (Å²) >= 11 is 5.93. The molecule has 0 aliphatic heterocycles. The molecule has 0 radical (unpaired) electrons. The van der Waals surface area contributed by atoms with Gasteiger partial charge in [-0.1, -0.05) is 50.4 Å². The minimum Gasteiger partial charge on any atom is -0.455 e. The zero-order chi connectivity index (χ0) is 19.2. The topological polar surface area (TPSA) is 84.5 Å². The van der Waals surface area contributed by atoms with Crippen LogP contribution in [0.1, 0.15) is 45.1 Å². The fourth-order valence-electron chi connectivity index (χ4n) is 3.13. The summed E-state index contributed by atoms with van der Waals surface area (Å²) in [5.74, 6) is -0.811. The molecule has 1 saturated carbocycles. The van der Waals surface area contributed by atoms with Crippen molar-refractivity contribution in [1.82, 2.24) is 10.6 Å². The van der Waals surface area contributed by atoms with Gasteiger partial charge in [0.25, 0.3) is 5.91 Å². The average Bonchev–Trinajstić information content (AvgIpc) is 3.09. The molecule has 0 aromatic heterocycles. The third-order valence-corrected chi connectivity index (χ3v) is 4.75. The van der Waals surface area contributed by atoms with Crippen molar-refractivity contribution in [2.24, 2.45) is 5.92 Å². The van der Waals surface area contributed by atoms with Gasteiger partial charge >= 0.3 is 12.0 Å². The molecule has 1 aromatic carbocycles. The highest BCUT2D eigenvalue weighted by Crippen LogP contribution is 2.42. The van der Waals surface area contributed by atoms with Crippen LogP contribution in [0.2, 0.25) is 5.02 Å². The van der Waals surface area contributed by atoms with Crippen LogP contribution in [0.5, 0.6) is 0 Å². The van der Waals surface area contributed by atoms with E-state index >= 15 is 0 Å². The highest BCUT2D eigenvalue weighted by Gasteiger charge is 2.44. The van der Waals surface area contributed by atoms with E-state index < -0.39 is 29.9 Å². The number of benzene rings is 1. The van der Waals surface area contributed by atoms with Crippen molar-refractivity contribution in [2.75, 3.05) is 13.2 Å². The third kappa shape index (κ3) is 5.21. The summed E-state index contributed by atoms with van der Waals surface area (Å²) < 4.78 is 5.24. The van der Waals surface area contributed by atoms with Crippen LogP contribution >= 0.6 is 11.6 Å². The molecule has 3 amide bonds. The molecular formula is C19H25ClN2O4. The van der Waals surface area contributed by atoms with Gasteiger partial charge in [-0.2, -0.15) is 0 Å². The maximum atomic E-state index is 12.7. The number of rotatable bonds is 6. The van der Waals surface area contributed by atoms with Crippen molar-refractivity contribution in [1.29, 1.82) is 0 Å². The number of esters is 1. The maximum Gasteiger partial charge on any atom is 0.321 e. The Kier molecular flexibility index (Phi) is 7.03. The number of amides is 3. The number of urea groups is 1. The van der Waals surface area contributed by atoms with Crippen molar-refractivity contribution in [3.8, 4) is 0 Å².